The van der Waals surface area contributed by atoms with Gasteiger partial charge < -0.3 is 15.0 Å². The van der Waals surface area contributed by atoms with Crippen LogP contribution in [0.15, 0.2) is 66.6 Å². The molecule has 212 valence electrons. The molecule has 0 unspecified atom stereocenters. The van der Waals surface area contributed by atoms with Gasteiger partial charge in [0.2, 0.25) is 5.88 Å². The third kappa shape index (κ3) is 5.10. The number of hydrogen-bond donors (Lipinski definition) is 1. The van der Waals surface area contributed by atoms with Crippen molar-refractivity contribution in [3.8, 4) is 28.3 Å². The van der Waals surface area contributed by atoms with Gasteiger partial charge in [0.15, 0.2) is 0 Å². The van der Waals surface area contributed by atoms with Crippen molar-refractivity contribution in [2.45, 2.75) is 45.4 Å². The number of rotatable bonds is 7. The van der Waals surface area contributed by atoms with Crippen molar-refractivity contribution >= 4 is 29.1 Å². The lowest BCUT2D eigenvalue weighted by atomic mass is 9.93. The fourth-order valence-electron chi connectivity index (χ4n) is 5.74. The Labute approximate surface area is 246 Å². The van der Waals surface area contributed by atoms with Crippen LogP contribution in [-0.2, 0) is 22.4 Å². The van der Waals surface area contributed by atoms with Crippen LogP contribution < -0.4 is 10.1 Å². The van der Waals surface area contributed by atoms with E-state index in [-0.39, 0.29) is 5.57 Å². The van der Waals surface area contributed by atoms with E-state index >= 15 is 0 Å². The van der Waals surface area contributed by atoms with Gasteiger partial charge in [-0.15, -0.1) is 0 Å². The summed E-state index contributed by atoms with van der Waals surface area (Å²) in [5.74, 6) is 0.698. The van der Waals surface area contributed by atoms with Crippen molar-refractivity contribution in [1.29, 1.82) is 0 Å². The summed E-state index contributed by atoms with van der Waals surface area (Å²) in [6, 6.07) is 13.8. The summed E-state index contributed by atoms with van der Waals surface area (Å²) in [4.78, 5) is 34.1. The first-order chi connectivity index (χ1) is 19.7. The summed E-state index contributed by atoms with van der Waals surface area (Å²) >= 11 is 7.13. The lowest BCUT2D eigenvalue weighted by Crippen LogP contribution is -2.41. The van der Waals surface area contributed by atoms with Gasteiger partial charge in [-0.1, -0.05) is 68.8 Å². The Balaban J connectivity index is 1.55. The van der Waals surface area contributed by atoms with Crippen LogP contribution in [0.1, 0.15) is 49.3 Å². The first-order valence-corrected chi connectivity index (χ1v) is 14.3. The Morgan fingerprint density at radius 3 is 2.61 bits per heavy atom. The van der Waals surface area contributed by atoms with Gasteiger partial charge in [-0.25, -0.2) is 4.98 Å². The van der Waals surface area contributed by atoms with Crippen molar-refractivity contribution in [3.05, 3.63) is 88.4 Å². The standard InChI is InChI=1S/C33H35ClN4O3/c1-7-10-23-22(11-9-14-27(23)35-31(39)26-18-37(4)20(3)38(5)33(26)40)24-12-8-13-25(30(24)34)28-17-21-16-15-19(2)29(21)32(36-28)41-6/h8-9,11-14,17-19H,3,7,10,15-16H2,1-2,4-6H3,(H,35,39)/t19-/m1/s1. The molecule has 0 saturated heterocycles. The highest BCUT2D eigenvalue weighted by molar-refractivity contribution is 6.36. The van der Waals surface area contributed by atoms with Gasteiger partial charge in [-0.05, 0) is 54.0 Å². The molecule has 8 heteroatoms. The minimum atomic E-state index is -0.473. The van der Waals surface area contributed by atoms with E-state index in [0.29, 0.717) is 34.7 Å². The normalized spacial score (nSPS) is 16.5. The zero-order valence-corrected chi connectivity index (χ0v) is 24.9. The summed E-state index contributed by atoms with van der Waals surface area (Å²) in [7, 11) is 5.02. The number of fused-ring (bicyclic) bond motifs is 1. The molecule has 1 atom stereocenters. The number of ether oxygens (including phenoxy) is 1. The van der Waals surface area contributed by atoms with Gasteiger partial charge >= 0.3 is 0 Å². The van der Waals surface area contributed by atoms with Gasteiger partial charge in [-0.2, -0.15) is 0 Å². The van der Waals surface area contributed by atoms with Gasteiger partial charge in [0, 0.05) is 42.7 Å². The van der Waals surface area contributed by atoms with Crippen LogP contribution >= 0.6 is 11.6 Å². The topological polar surface area (TPSA) is 74.8 Å². The van der Waals surface area contributed by atoms with Crippen molar-refractivity contribution < 1.29 is 14.3 Å². The van der Waals surface area contributed by atoms with E-state index in [1.807, 2.05) is 36.4 Å². The van der Waals surface area contributed by atoms with Crippen molar-refractivity contribution in [2.24, 2.45) is 0 Å². The first kappa shape index (κ1) is 28.4. The molecule has 0 bridgehead atoms. The number of pyridine rings is 1. The number of hydrogen-bond acceptors (Lipinski definition) is 5. The fourth-order valence-corrected chi connectivity index (χ4v) is 6.07. The minimum absolute atomic E-state index is 0.0428. The van der Waals surface area contributed by atoms with E-state index < -0.39 is 11.8 Å². The highest BCUT2D eigenvalue weighted by Gasteiger charge is 2.30. The number of aryl methyl sites for hydroxylation is 1. The predicted octanol–water partition coefficient (Wildman–Crippen LogP) is 6.78. The third-order valence-electron chi connectivity index (χ3n) is 8.03. The predicted molar refractivity (Wildman–Crippen MR) is 164 cm³/mol. The van der Waals surface area contributed by atoms with E-state index in [1.165, 1.54) is 22.2 Å². The molecule has 0 spiro atoms. The quantitative estimate of drug-likeness (QED) is 0.317. The number of anilines is 1. The highest BCUT2D eigenvalue weighted by atomic mass is 35.5. The van der Waals surface area contributed by atoms with Crippen LogP contribution in [0.25, 0.3) is 22.4 Å². The molecule has 2 aliphatic rings. The van der Waals surface area contributed by atoms with Crippen LogP contribution in [0.2, 0.25) is 5.02 Å². The third-order valence-corrected chi connectivity index (χ3v) is 8.44. The molecule has 0 radical (unpaired) electrons. The fraction of sp³-hybridized carbons (Fsp3) is 0.303. The number of methoxy groups -OCH3 is 1. The minimum Gasteiger partial charge on any atom is -0.481 e. The van der Waals surface area contributed by atoms with Gasteiger partial charge in [0.25, 0.3) is 11.8 Å². The number of nitrogens with zero attached hydrogens (tertiary/aromatic N) is 3. The highest BCUT2D eigenvalue weighted by Crippen LogP contribution is 2.43. The maximum atomic E-state index is 13.3. The van der Waals surface area contributed by atoms with Crippen LogP contribution in [0.4, 0.5) is 5.69 Å². The summed E-state index contributed by atoms with van der Waals surface area (Å²) < 4.78 is 5.69. The summed E-state index contributed by atoms with van der Waals surface area (Å²) in [6.45, 7) is 8.18. The van der Waals surface area contributed by atoms with Crippen LogP contribution in [0.5, 0.6) is 5.88 Å². The molecular weight excluding hydrogens is 536 g/mol. The van der Waals surface area contributed by atoms with E-state index in [0.717, 1.165) is 47.2 Å². The van der Waals surface area contributed by atoms with Crippen molar-refractivity contribution in [2.75, 3.05) is 26.5 Å². The molecule has 1 aliphatic heterocycles. The zero-order valence-electron chi connectivity index (χ0n) is 24.2. The maximum absolute atomic E-state index is 13.3. The summed E-state index contributed by atoms with van der Waals surface area (Å²) in [6.07, 6.45) is 5.14. The molecule has 0 saturated carbocycles. The molecule has 41 heavy (non-hydrogen) atoms. The molecule has 2 heterocycles. The number of benzene rings is 2. The van der Waals surface area contributed by atoms with E-state index in [2.05, 4.69) is 31.8 Å². The second kappa shape index (κ2) is 11.4. The average Bonchev–Trinajstić information content (AvgIpc) is 3.35. The monoisotopic (exact) mass is 570 g/mol. The number of carbonyl (C=O) groups is 2. The van der Waals surface area contributed by atoms with Crippen LogP contribution in [0, 0.1) is 0 Å². The lowest BCUT2D eigenvalue weighted by molar-refractivity contribution is -0.128. The first-order valence-electron chi connectivity index (χ1n) is 13.9. The summed E-state index contributed by atoms with van der Waals surface area (Å²) in [5, 5.41) is 3.58. The number of amides is 2. The average molecular weight is 571 g/mol. The Kier molecular flexibility index (Phi) is 7.91. The number of aromatic nitrogens is 1. The Bertz CT molecular complexity index is 1600. The van der Waals surface area contributed by atoms with Gasteiger partial charge in [-0.3, -0.25) is 14.5 Å². The Hall–Kier alpha value is -4.10. The van der Waals surface area contributed by atoms with Crippen molar-refractivity contribution in [1.82, 2.24) is 14.8 Å². The molecule has 1 aliphatic carbocycles. The molecule has 1 aromatic heterocycles. The van der Waals surface area contributed by atoms with E-state index in [1.54, 1.807) is 26.1 Å². The molecule has 2 aromatic carbocycles. The van der Waals surface area contributed by atoms with E-state index in [4.69, 9.17) is 21.3 Å². The molecule has 0 fully saturated rings. The second-order valence-electron chi connectivity index (χ2n) is 10.7. The second-order valence-corrected chi connectivity index (χ2v) is 11.0. The molecule has 5 rings (SSSR count). The Morgan fingerprint density at radius 1 is 1.17 bits per heavy atom. The lowest BCUT2D eigenvalue weighted by Gasteiger charge is -2.31. The largest absolute Gasteiger partial charge is 0.481 e. The molecule has 1 N–H and O–H groups in total. The number of halogens is 1. The number of carbonyl (C=O) groups excluding carboxylic acids is 2. The molecule has 3 aromatic rings. The number of nitrogens with one attached hydrogen (secondary N) is 1. The number of likely N-dealkylation sites (N-methyl/N-ethyl adjacent to an activating group) is 1. The van der Waals surface area contributed by atoms with Gasteiger partial charge in [0.05, 0.1) is 17.8 Å². The molecular formula is C33H35ClN4O3. The maximum Gasteiger partial charge on any atom is 0.266 e. The van der Waals surface area contributed by atoms with Crippen LogP contribution in [0.3, 0.4) is 0 Å². The Morgan fingerprint density at radius 2 is 1.88 bits per heavy atom. The van der Waals surface area contributed by atoms with E-state index in [9.17, 15) is 9.59 Å². The smallest absolute Gasteiger partial charge is 0.266 e. The van der Waals surface area contributed by atoms with Crippen molar-refractivity contribution in [3.63, 3.8) is 0 Å². The SMILES string of the molecule is C=C1N(C)C=C(C(=O)Nc2cccc(-c3cccc(-c4cc5c(c(OC)n4)[C@H](C)CC5)c3Cl)c2CCC)C(=O)N1C. The van der Waals surface area contributed by atoms with Crippen LogP contribution in [-0.4, -0.2) is 47.8 Å². The van der Waals surface area contributed by atoms with Gasteiger partial charge in [0.1, 0.15) is 11.4 Å². The zero-order chi connectivity index (χ0) is 29.4. The molecule has 7 nitrogen and oxygen atoms in total. The molecule has 2 amide bonds. The summed E-state index contributed by atoms with van der Waals surface area (Å²) in [5.41, 5.74) is 7.45.